The highest BCUT2D eigenvalue weighted by molar-refractivity contribution is 6.00. The van der Waals surface area contributed by atoms with Crippen molar-refractivity contribution < 1.29 is 31.5 Å². The fourth-order valence-electron chi connectivity index (χ4n) is 4.77. The Balaban J connectivity index is 1.39. The first kappa shape index (κ1) is 22.4. The molecule has 3 amide bonds. The molecule has 0 bridgehead atoms. The molecule has 2 unspecified atom stereocenters. The van der Waals surface area contributed by atoms with E-state index < -0.39 is 48.3 Å². The predicted octanol–water partition coefficient (Wildman–Crippen LogP) is 3.11. The Hall–Kier alpha value is -4.10. The first-order chi connectivity index (χ1) is 17.1. The average molecular weight is 505 g/mol. The van der Waals surface area contributed by atoms with E-state index in [-0.39, 0.29) is 40.3 Å². The van der Waals surface area contributed by atoms with Gasteiger partial charge in [0, 0.05) is 17.5 Å². The van der Waals surface area contributed by atoms with Gasteiger partial charge in [-0.05, 0) is 42.0 Å². The number of imide groups is 1. The van der Waals surface area contributed by atoms with Crippen LogP contribution in [-0.2, 0) is 11.3 Å². The Morgan fingerprint density at radius 3 is 2.58 bits per heavy atom. The molecule has 186 valence electrons. The second-order valence-corrected chi connectivity index (χ2v) is 8.89. The SMILES string of the molecule is O=C1NCC(c2cc([C@H]3CC3c3cc4c(cnn4CC(F)(F)F)cc3F)c3ncc(F)n3n2)C(=O)N1. The Morgan fingerprint density at radius 1 is 1.06 bits per heavy atom. The van der Waals surface area contributed by atoms with E-state index >= 15 is 0 Å². The molecule has 2 aliphatic rings. The number of carbonyl (C=O) groups is 2. The number of fused-ring (bicyclic) bond motifs is 2. The Morgan fingerprint density at radius 2 is 1.83 bits per heavy atom. The number of benzene rings is 1. The van der Waals surface area contributed by atoms with E-state index in [4.69, 9.17) is 0 Å². The van der Waals surface area contributed by atoms with Crippen LogP contribution < -0.4 is 10.6 Å². The van der Waals surface area contributed by atoms with Crippen molar-refractivity contribution in [3.63, 3.8) is 0 Å². The number of hydrogen-bond acceptors (Lipinski definition) is 5. The summed E-state index contributed by atoms with van der Waals surface area (Å²) in [6.07, 6.45) is -1.92. The number of halogens is 5. The molecule has 1 saturated heterocycles. The summed E-state index contributed by atoms with van der Waals surface area (Å²) in [7, 11) is 0. The van der Waals surface area contributed by atoms with Crippen LogP contribution in [0.5, 0.6) is 0 Å². The summed E-state index contributed by atoms with van der Waals surface area (Å²) in [4.78, 5) is 27.8. The van der Waals surface area contributed by atoms with Crippen molar-refractivity contribution >= 4 is 28.5 Å². The van der Waals surface area contributed by atoms with E-state index in [0.29, 0.717) is 12.0 Å². The number of carbonyl (C=O) groups excluding carboxylic acids is 2. The molecule has 4 heterocycles. The van der Waals surface area contributed by atoms with E-state index in [1.807, 2.05) is 0 Å². The molecule has 4 aromatic rings. The molecule has 1 aliphatic heterocycles. The summed E-state index contributed by atoms with van der Waals surface area (Å²) in [6, 6.07) is 3.45. The van der Waals surface area contributed by atoms with E-state index in [1.165, 1.54) is 12.3 Å². The third-order valence-corrected chi connectivity index (χ3v) is 6.53. The second kappa shape index (κ2) is 7.70. The number of aromatic nitrogens is 5. The zero-order chi connectivity index (χ0) is 25.4. The van der Waals surface area contributed by atoms with Crippen LogP contribution in [0.3, 0.4) is 0 Å². The molecule has 0 radical (unpaired) electrons. The summed E-state index contributed by atoms with van der Waals surface area (Å²) >= 11 is 0. The lowest BCUT2D eigenvalue weighted by molar-refractivity contribution is -0.141. The molecule has 14 heteroatoms. The molecule has 0 spiro atoms. The highest BCUT2D eigenvalue weighted by atomic mass is 19.4. The first-order valence-corrected chi connectivity index (χ1v) is 10.9. The Bertz CT molecular complexity index is 1560. The molecular weight excluding hydrogens is 489 g/mol. The zero-order valence-corrected chi connectivity index (χ0v) is 18.2. The summed E-state index contributed by atoms with van der Waals surface area (Å²) in [5.74, 6) is -3.59. The highest BCUT2D eigenvalue weighted by Gasteiger charge is 2.44. The molecule has 1 aromatic carbocycles. The third kappa shape index (κ3) is 3.72. The number of hydrogen-bond donors (Lipinski definition) is 2. The minimum Gasteiger partial charge on any atom is -0.337 e. The number of urea groups is 1. The van der Waals surface area contributed by atoms with Crippen molar-refractivity contribution in [1.29, 1.82) is 0 Å². The fraction of sp³-hybridized carbons (Fsp3) is 0.318. The normalized spacial score (nSPS) is 22.2. The van der Waals surface area contributed by atoms with Gasteiger partial charge in [-0.1, -0.05) is 0 Å². The number of amides is 3. The number of rotatable bonds is 4. The minimum atomic E-state index is -4.50. The maximum atomic E-state index is 15.0. The van der Waals surface area contributed by atoms with Gasteiger partial charge in [0.15, 0.2) is 5.65 Å². The van der Waals surface area contributed by atoms with Crippen LogP contribution >= 0.6 is 0 Å². The average Bonchev–Trinajstić information content (AvgIpc) is 3.38. The van der Waals surface area contributed by atoms with E-state index in [9.17, 15) is 31.5 Å². The molecular formula is C22H16F5N7O2. The van der Waals surface area contributed by atoms with Crippen LogP contribution in [0.4, 0.5) is 26.7 Å². The lowest BCUT2D eigenvalue weighted by atomic mass is 9.98. The number of alkyl halides is 3. The second-order valence-electron chi connectivity index (χ2n) is 8.89. The Kier molecular flexibility index (Phi) is 4.78. The maximum absolute atomic E-state index is 15.0. The van der Waals surface area contributed by atoms with E-state index in [0.717, 1.165) is 21.5 Å². The molecule has 2 N–H and O–H groups in total. The smallest absolute Gasteiger partial charge is 0.337 e. The molecule has 36 heavy (non-hydrogen) atoms. The van der Waals surface area contributed by atoms with Gasteiger partial charge in [-0.25, -0.2) is 14.2 Å². The van der Waals surface area contributed by atoms with Crippen molar-refractivity contribution in [2.24, 2.45) is 0 Å². The number of imidazole rings is 1. The van der Waals surface area contributed by atoms with Gasteiger partial charge in [0.05, 0.1) is 29.5 Å². The van der Waals surface area contributed by atoms with Crippen LogP contribution in [0, 0.1) is 11.8 Å². The van der Waals surface area contributed by atoms with Gasteiger partial charge in [-0.3, -0.25) is 14.8 Å². The lowest BCUT2D eigenvalue weighted by Gasteiger charge is -2.22. The molecule has 2 fully saturated rings. The van der Waals surface area contributed by atoms with Gasteiger partial charge in [-0.15, -0.1) is 0 Å². The largest absolute Gasteiger partial charge is 0.408 e. The molecule has 1 saturated carbocycles. The fourth-order valence-corrected chi connectivity index (χ4v) is 4.77. The minimum absolute atomic E-state index is 0.0402. The van der Waals surface area contributed by atoms with Crippen molar-refractivity contribution in [1.82, 2.24) is 35.0 Å². The summed E-state index contributed by atoms with van der Waals surface area (Å²) in [5.41, 5.74) is 1.25. The van der Waals surface area contributed by atoms with Crippen molar-refractivity contribution in [2.75, 3.05) is 6.54 Å². The van der Waals surface area contributed by atoms with Crippen LogP contribution in [0.1, 0.15) is 41.0 Å². The van der Waals surface area contributed by atoms with Gasteiger partial charge in [0.1, 0.15) is 12.4 Å². The van der Waals surface area contributed by atoms with Crippen LogP contribution in [0.15, 0.2) is 30.6 Å². The summed E-state index contributed by atoms with van der Waals surface area (Å²) < 4.78 is 69.9. The van der Waals surface area contributed by atoms with Crippen molar-refractivity contribution in [3.05, 3.63) is 59.2 Å². The molecule has 3 atom stereocenters. The first-order valence-electron chi connectivity index (χ1n) is 10.9. The van der Waals surface area contributed by atoms with Gasteiger partial charge in [0.25, 0.3) is 0 Å². The number of nitrogens with zero attached hydrogens (tertiary/aromatic N) is 5. The quantitative estimate of drug-likeness (QED) is 0.415. The topological polar surface area (TPSA) is 106 Å². The van der Waals surface area contributed by atoms with Gasteiger partial charge in [0.2, 0.25) is 11.9 Å². The van der Waals surface area contributed by atoms with Crippen LogP contribution in [0.2, 0.25) is 0 Å². The van der Waals surface area contributed by atoms with Gasteiger partial charge >= 0.3 is 12.2 Å². The van der Waals surface area contributed by atoms with E-state index in [1.54, 1.807) is 6.07 Å². The third-order valence-electron chi connectivity index (χ3n) is 6.53. The maximum Gasteiger partial charge on any atom is 0.408 e. The zero-order valence-electron chi connectivity index (χ0n) is 18.2. The monoisotopic (exact) mass is 505 g/mol. The van der Waals surface area contributed by atoms with Gasteiger partial charge in [-0.2, -0.15) is 32.3 Å². The van der Waals surface area contributed by atoms with Crippen LogP contribution in [0.25, 0.3) is 16.6 Å². The van der Waals surface area contributed by atoms with E-state index in [2.05, 4.69) is 25.8 Å². The Labute approximate surface area is 198 Å². The summed E-state index contributed by atoms with van der Waals surface area (Å²) in [5, 5.41) is 12.8. The molecule has 1 aliphatic carbocycles. The van der Waals surface area contributed by atoms with Crippen molar-refractivity contribution in [3.8, 4) is 0 Å². The molecule has 6 rings (SSSR count). The summed E-state index contributed by atoms with van der Waals surface area (Å²) in [6.45, 7) is -1.35. The van der Waals surface area contributed by atoms with Gasteiger partial charge < -0.3 is 5.32 Å². The highest BCUT2D eigenvalue weighted by Crippen LogP contribution is 2.56. The van der Waals surface area contributed by atoms with Crippen molar-refractivity contribution in [2.45, 2.75) is 36.9 Å². The lowest BCUT2D eigenvalue weighted by Crippen LogP contribution is -2.51. The standard InChI is InChI=1S/C22H16F5N7O2/c23-15-1-9-5-30-33(8-22(25,26)27)17(9)4-12(15)10-2-11(10)13-3-16(14-6-29-21(36)31-20(14)35)32-34-18(24)7-28-19(13)34/h1,3-5,7,10-11,14H,2,6,8H2,(H2,29,31,35,36)/t10?,11-,14?/m0/s1. The molecule has 9 nitrogen and oxygen atoms in total. The number of nitrogens with one attached hydrogen (secondary N) is 2. The predicted molar refractivity (Wildman–Crippen MR) is 113 cm³/mol. The van der Waals surface area contributed by atoms with Crippen LogP contribution in [-0.4, -0.2) is 49.0 Å². The molecule has 3 aromatic heterocycles.